The minimum absolute atomic E-state index is 0.0387. The predicted molar refractivity (Wildman–Crippen MR) is 62.7 cm³/mol. The van der Waals surface area contributed by atoms with Gasteiger partial charge in [0.05, 0.1) is 6.04 Å². The van der Waals surface area contributed by atoms with Crippen molar-refractivity contribution in [3.63, 3.8) is 0 Å². The van der Waals surface area contributed by atoms with Gasteiger partial charge in [-0.2, -0.15) is 0 Å². The van der Waals surface area contributed by atoms with E-state index >= 15 is 0 Å². The van der Waals surface area contributed by atoms with Gasteiger partial charge in [-0.1, -0.05) is 30.3 Å². The van der Waals surface area contributed by atoms with Gasteiger partial charge in [-0.3, -0.25) is 4.79 Å². The Labute approximate surface area is 95.2 Å². The predicted octanol–water partition coefficient (Wildman–Crippen LogP) is -0.00800. The Balaban J connectivity index is 1.80. The molecule has 1 saturated heterocycles. The van der Waals surface area contributed by atoms with E-state index in [2.05, 4.69) is 10.6 Å². The third-order valence-corrected chi connectivity index (χ3v) is 2.79. The lowest BCUT2D eigenvalue weighted by molar-refractivity contribution is -0.122. The Kier molecular flexibility index (Phi) is 3.54. The average Bonchev–Trinajstić information content (AvgIpc) is 2.74. The first-order valence-corrected chi connectivity index (χ1v) is 5.56. The Morgan fingerprint density at radius 3 is 2.81 bits per heavy atom. The van der Waals surface area contributed by atoms with Crippen molar-refractivity contribution >= 4 is 5.91 Å². The van der Waals surface area contributed by atoms with Crippen LogP contribution in [0, 0.1) is 0 Å². The SMILES string of the molecule is N[C@@H]1CN[C@H](C(=O)NCc2ccccc2)C1. The van der Waals surface area contributed by atoms with Gasteiger partial charge in [-0.15, -0.1) is 0 Å². The highest BCUT2D eigenvalue weighted by molar-refractivity contribution is 5.82. The lowest BCUT2D eigenvalue weighted by atomic mass is 10.1. The topological polar surface area (TPSA) is 67.1 Å². The molecular formula is C12H17N3O. The molecule has 86 valence electrons. The zero-order valence-electron chi connectivity index (χ0n) is 9.15. The number of amides is 1. The molecule has 0 aromatic heterocycles. The molecule has 0 saturated carbocycles. The summed E-state index contributed by atoms with van der Waals surface area (Å²) in [6, 6.07) is 9.85. The number of nitrogens with one attached hydrogen (secondary N) is 2. The molecule has 1 heterocycles. The van der Waals surface area contributed by atoms with Crippen molar-refractivity contribution < 1.29 is 4.79 Å². The number of rotatable bonds is 3. The van der Waals surface area contributed by atoms with E-state index in [0.717, 1.165) is 18.5 Å². The number of carbonyl (C=O) groups is 1. The van der Waals surface area contributed by atoms with Gasteiger partial charge in [0, 0.05) is 19.1 Å². The fourth-order valence-corrected chi connectivity index (χ4v) is 1.87. The number of benzene rings is 1. The second-order valence-corrected chi connectivity index (χ2v) is 4.16. The molecule has 1 amide bonds. The molecule has 4 nitrogen and oxygen atoms in total. The molecule has 0 unspecified atom stereocenters. The lowest BCUT2D eigenvalue weighted by Gasteiger charge is -2.10. The quantitative estimate of drug-likeness (QED) is 0.670. The second kappa shape index (κ2) is 5.09. The summed E-state index contributed by atoms with van der Waals surface area (Å²) >= 11 is 0. The van der Waals surface area contributed by atoms with Gasteiger partial charge in [-0.05, 0) is 12.0 Å². The van der Waals surface area contributed by atoms with Gasteiger partial charge in [0.2, 0.25) is 5.91 Å². The van der Waals surface area contributed by atoms with Crippen LogP contribution in [0.15, 0.2) is 30.3 Å². The standard InChI is InChI=1S/C12H17N3O/c13-10-6-11(14-8-10)12(16)15-7-9-4-2-1-3-5-9/h1-5,10-11,14H,6-8,13H2,(H,15,16)/t10-,11-/m0/s1. The van der Waals surface area contributed by atoms with E-state index < -0.39 is 0 Å². The normalized spacial score (nSPS) is 24.3. The fraction of sp³-hybridized carbons (Fsp3) is 0.417. The smallest absolute Gasteiger partial charge is 0.237 e. The van der Waals surface area contributed by atoms with Gasteiger partial charge in [0.1, 0.15) is 0 Å². The second-order valence-electron chi connectivity index (χ2n) is 4.16. The summed E-state index contributed by atoms with van der Waals surface area (Å²) in [6.07, 6.45) is 0.723. The first kappa shape index (κ1) is 11.1. The minimum atomic E-state index is -0.126. The van der Waals surface area contributed by atoms with Gasteiger partial charge >= 0.3 is 0 Å². The molecular weight excluding hydrogens is 202 g/mol. The third-order valence-electron chi connectivity index (χ3n) is 2.79. The number of nitrogens with two attached hydrogens (primary N) is 1. The summed E-state index contributed by atoms with van der Waals surface area (Å²) in [5.74, 6) is 0.0387. The van der Waals surface area contributed by atoms with Crippen LogP contribution in [0.25, 0.3) is 0 Å². The molecule has 4 N–H and O–H groups in total. The van der Waals surface area contributed by atoms with Crippen LogP contribution in [0.2, 0.25) is 0 Å². The first-order chi connectivity index (χ1) is 7.75. The Morgan fingerprint density at radius 1 is 1.44 bits per heavy atom. The van der Waals surface area contributed by atoms with Gasteiger partial charge in [0.25, 0.3) is 0 Å². The molecule has 16 heavy (non-hydrogen) atoms. The van der Waals surface area contributed by atoms with E-state index in [0.29, 0.717) is 6.54 Å². The maximum absolute atomic E-state index is 11.7. The van der Waals surface area contributed by atoms with Crippen LogP contribution in [0.4, 0.5) is 0 Å². The maximum atomic E-state index is 11.7. The monoisotopic (exact) mass is 219 g/mol. The molecule has 1 aliphatic rings. The summed E-state index contributed by atoms with van der Waals surface area (Å²) in [4.78, 5) is 11.7. The van der Waals surface area contributed by atoms with E-state index in [4.69, 9.17) is 5.73 Å². The molecule has 2 atom stereocenters. The largest absolute Gasteiger partial charge is 0.351 e. The van der Waals surface area contributed by atoms with Crippen LogP contribution in [-0.4, -0.2) is 24.5 Å². The van der Waals surface area contributed by atoms with Crippen LogP contribution in [0.5, 0.6) is 0 Å². The van der Waals surface area contributed by atoms with Gasteiger partial charge in [-0.25, -0.2) is 0 Å². The van der Waals surface area contributed by atoms with Crippen molar-refractivity contribution in [2.45, 2.75) is 25.0 Å². The fourth-order valence-electron chi connectivity index (χ4n) is 1.87. The average molecular weight is 219 g/mol. The van der Waals surface area contributed by atoms with Crippen molar-refractivity contribution in [1.82, 2.24) is 10.6 Å². The Hall–Kier alpha value is -1.39. The minimum Gasteiger partial charge on any atom is -0.351 e. The highest BCUT2D eigenvalue weighted by atomic mass is 16.2. The molecule has 2 rings (SSSR count). The summed E-state index contributed by atoms with van der Waals surface area (Å²) in [5, 5.41) is 6.01. The van der Waals surface area contributed by atoms with Crippen LogP contribution < -0.4 is 16.4 Å². The highest BCUT2D eigenvalue weighted by Gasteiger charge is 2.26. The molecule has 1 fully saturated rings. The van der Waals surface area contributed by atoms with Crippen molar-refractivity contribution in [2.24, 2.45) is 5.73 Å². The zero-order valence-corrected chi connectivity index (χ0v) is 9.15. The molecule has 1 aliphatic heterocycles. The first-order valence-electron chi connectivity index (χ1n) is 5.56. The van der Waals surface area contributed by atoms with Crippen LogP contribution in [0.1, 0.15) is 12.0 Å². The maximum Gasteiger partial charge on any atom is 0.237 e. The van der Waals surface area contributed by atoms with E-state index in [1.807, 2.05) is 30.3 Å². The van der Waals surface area contributed by atoms with E-state index in [1.165, 1.54) is 0 Å². The Morgan fingerprint density at radius 2 is 2.19 bits per heavy atom. The summed E-state index contributed by atoms with van der Waals surface area (Å²) in [7, 11) is 0. The molecule has 4 heteroatoms. The number of carbonyl (C=O) groups excluding carboxylic acids is 1. The Bertz CT molecular complexity index is 353. The van der Waals surface area contributed by atoms with Gasteiger partial charge < -0.3 is 16.4 Å². The summed E-state index contributed by atoms with van der Waals surface area (Å²) in [5.41, 5.74) is 6.84. The van der Waals surface area contributed by atoms with Crippen LogP contribution in [0.3, 0.4) is 0 Å². The summed E-state index contributed by atoms with van der Waals surface area (Å²) in [6.45, 7) is 1.30. The van der Waals surface area contributed by atoms with Crippen LogP contribution in [-0.2, 0) is 11.3 Å². The zero-order chi connectivity index (χ0) is 11.4. The number of hydrogen-bond acceptors (Lipinski definition) is 3. The third kappa shape index (κ3) is 2.81. The van der Waals surface area contributed by atoms with Gasteiger partial charge in [0.15, 0.2) is 0 Å². The van der Waals surface area contributed by atoms with E-state index in [9.17, 15) is 4.79 Å². The molecule has 1 aromatic carbocycles. The number of hydrogen-bond donors (Lipinski definition) is 3. The van der Waals surface area contributed by atoms with Crippen LogP contribution >= 0.6 is 0 Å². The van der Waals surface area contributed by atoms with Crippen molar-refractivity contribution in [2.75, 3.05) is 6.54 Å². The molecule has 1 aromatic rings. The highest BCUT2D eigenvalue weighted by Crippen LogP contribution is 2.05. The van der Waals surface area contributed by atoms with Crippen molar-refractivity contribution in [3.8, 4) is 0 Å². The summed E-state index contributed by atoms with van der Waals surface area (Å²) < 4.78 is 0. The van der Waals surface area contributed by atoms with E-state index in [1.54, 1.807) is 0 Å². The molecule has 0 aliphatic carbocycles. The van der Waals surface area contributed by atoms with Crippen molar-refractivity contribution in [3.05, 3.63) is 35.9 Å². The molecule has 0 spiro atoms. The van der Waals surface area contributed by atoms with E-state index in [-0.39, 0.29) is 18.0 Å². The molecule has 0 radical (unpaired) electrons. The molecule has 0 bridgehead atoms. The van der Waals surface area contributed by atoms with Crippen molar-refractivity contribution in [1.29, 1.82) is 0 Å². The lowest BCUT2D eigenvalue weighted by Crippen LogP contribution is -2.39.